The maximum absolute atomic E-state index is 10.6. The van der Waals surface area contributed by atoms with Crippen molar-refractivity contribution in [2.24, 2.45) is 0 Å². The van der Waals surface area contributed by atoms with Crippen LogP contribution in [-0.4, -0.2) is 36.9 Å². The standard InChI is InChI=1S/C9H12O7S/c1-15-8-3-2-6(7(11)5-10)4-9(8)16-17(12,13)14/h2-4,7,10-11H,5H2,1H3,(H,12,13,14). The molecule has 0 spiro atoms. The third kappa shape index (κ3) is 3.86. The lowest BCUT2D eigenvalue weighted by molar-refractivity contribution is 0.0954. The van der Waals surface area contributed by atoms with E-state index in [2.05, 4.69) is 4.18 Å². The molecule has 0 aliphatic carbocycles. The number of hydrogen-bond donors (Lipinski definition) is 3. The Morgan fingerprint density at radius 1 is 1.35 bits per heavy atom. The molecule has 0 amide bonds. The fourth-order valence-corrected chi connectivity index (χ4v) is 1.54. The van der Waals surface area contributed by atoms with Crippen molar-refractivity contribution in [1.29, 1.82) is 0 Å². The van der Waals surface area contributed by atoms with E-state index in [0.717, 1.165) is 6.07 Å². The van der Waals surface area contributed by atoms with Crippen LogP contribution in [0, 0.1) is 0 Å². The van der Waals surface area contributed by atoms with E-state index >= 15 is 0 Å². The van der Waals surface area contributed by atoms with Gasteiger partial charge in [0.25, 0.3) is 0 Å². The number of hydrogen-bond acceptors (Lipinski definition) is 6. The van der Waals surface area contributed by atoms with Gasteiger partial charge in [-0.25, -0.2) is 0 Å². The SMILES string of the molecule is COc1ccc(C(O)CO)cc1OS(=O)(=O)O. The summed E-state index contributed by atoms with van der Waals surface area (Å²) in [6.07, 6.45) is -1.18. The molecule has 0 fully saturated rings. The van der Waals surface area contributed by atoms with E-state index in [4.69, 9.17) is 14.4 Å². The smallest absolute Gasteiger partial charge is 0.446 e. The van der Waals surface area contributed by atoms with E-state index in [1.165, 1.54) is 19.2 Å². The molecule has 0 saturated heterocycles. The van der Waals surface area contributed by atoms with Crippen LogP contribution in [0.2, 0.25) is 0 Å². The van der Waals surface area contributed by atoms with Crippen molar-refractivity contribution in [3.05, 3.63) is 23.8 Å². The minimum atomic E-state index is -4.68. The maximum atomic E-state index is 10.6. The van der Waals surface area contributed by atoms with Crippen molar-refractivity contribution < 1.29 is 32.1 Å². The zero-order valence-corrected chi connectivity index (χ0v) is 9.72. The van der Waals surface area contributed by atoms with Gasteiger partial charge in [0.15, 0.2) is 11.5 Å². The van der Waals surface area contributed by atoms with Gasteiger partial charge in [0.05, 0.1) is 13.7 Å². The molecular formula is C9H12O7S. The second-order valence-corrected chi connectivity index (χ2v) is 4.14. The van der Waals surface area contributed by atoms with E-state index in [-0.39, 0.29) is 17.1 Å². The zero-order chi connectivity index (χ0) is 13.1. The van der Waals surface area contributed by atoms with Crippen LogP contribution in [-0.2, 0) is 10.4 Å². The summed E-state index contributed by atoms with van der Waals surface area (Å²) >= 11 is 0. The highest BCUT2D eigenvalue weighted by atomic mass is 32.3. The molecule has 0 aromatic heterocycles. The van der Waals surface area contributed by atoms with E-state index < -0.39 is 23.1 Å². The van der Waals surface area contributed by atoms with Crippen LogP contribution in [0.25, 0.3) is 0 Å². The lowest BCUT2D eigenvalue weighted by atomic mass is 10.1. The first-order chi connectivity index (χ1) is 7.87. The lowest BCUT2D eigenvalue weighted by Gasteiger charge is -2.12. The van der Waals surface area contributed by atoms with Crippen molar-refractivity contribution in [3.8, 4) is 11.5 Å². The number of benzene rings is 1. The largest absolute Gasteiger partial charge is 0.493 e. The molecule has 0 saturated carbocycles. The molecule has 1 unspecified atom stereocenters. The summed E-state index contributed by atoms with van der Waals surface area (Å²) in [7, 11) is -3.40. The highest BCUT2D eigenvalue weighted by Crippen LogP contribution is 2.31. The predicted octanol–water partition coefficient (Wildman–Crippen LogP) is -0.0975. The van der Waals surface area contributed by atoms with Crippen LogP contribution in [0.1, 0.15) is 11.7 Å². The Bertz CT molecular complexity index is 482. The molecule has 3 N–H and O–H groups in total. The fourth-order valence-electron chi connectivity index (χ4n) is 1.18. The minimum absolute atomic E-state index is 0.0662. The van der Waals surface area contributed by atoms with Crippen LogP contribution in [0.5, 0.6) is 11.5 Å². The number of aliphatic hydroxyl groups excluding tert-OH is 2. The topological polar surface area (TPSA) is 113 Å². The second-order valence-electron chi connectivity index (χ2n) is 3.12. The van der Waals surface area contributed by atoms with Crippen LogP contribution in [0.4, 0.5) is 0 Å². The summed E-state index contributed by atoms with van der Waals surface area (Å²) in [6, 6.07) is 3.92. The minimum Gasteiger partial charge on any atom is -0.493 e. The highest BCUT2D eigenvalue weighted by molar-refractivity contribution is 7.81. The van der Waals surface area contributed by atoms with Crippen LogP contribution >= 0.6 is 0 Å². The van der Waals surface area contributed by atoms with Gasteiger partial charge in [-0.15, -0.1) is 0 Å². The molecule has 1 aromatic rings. The van der Waals surface area contributed by atoms with E-state index in [1.54, 1.807) is 0 Å². The Hall–Kier alpha value is -1.35. The van der Waals surface area contributed by atoms with Gasteiger partial charge in [-0.2, -0.15) is 8.42 Å². The lowest BCUT2D eigenvalue weighted by Crippen LogP contribution is -2.09. The molecule has 96 valence electrons. The Morgan fingerprint density at radius 3 is 2.47 bits per heavy atom. The van der Waals surface area contributed by atoms with Crippen LogP contribution in [0.3, 0.4) is 0 Å². The Labute approximate surface area is 98.2 Å². The normalized spacial score (nSPS) is 13.2. The van der Waals surface area contributed by atoms with Gasteiger partial charge in [-0.3, -0.25) is 4.55 Å². The average molecular weight is 264 g/mol. The molecule has 7 nitrogen and oxygen atoms in total. The maximum Gasteiger partial charge on any atom is 0.446 e. The van der Waals surface area contributed by atoms with Crippen molar-refractivity contribution >= 4 is 10.4 Å². The summed E-state index contributed by atoms with van der Waals surface area (Å²) in [5.74, 6) is -0.212. The molecule has 1 atom stereocenters. The van der Waals surface area contributed by atoms with Gasteiger partial charge >= 0.3 is 10.4 Å². The van der Waals surface area contributed by atoms with Gasteiger partial charge in [0, 0.05) is 0 Å². The van der Waals surface area contributed by atoms with E-state index in [1.807, 2.05) is 0 Å². The average Bonchev–Trinajstić information content (AvgIpc) is 2.25. The number of ether oxygens (including phenoxy) is 1. The molecule has 0 aliphatic rings. The van der Waals surface area contributed by atoms with Gasteiger partial charge in [0.2, 0.25) is 0 Å². The molecule has 0 heterocycles. The molecule has 8 heteroatoms. The fraction of sp³-hybridized carbons (Fsp3) is 0.333. The van der Waals surface area contributed by atoms with Gasteiger partial charge in [-0.1, -0.05) is 6.07 Å². The van der Waals surface area contributed by atoms with Crippen molar-refractivity contribution in [1.82, 2.24) is 0 Å². The number of methoxy groups -OCH3 is 1. The first kappa shape index (κ1) is 13.7. The first-order valence-electron chi connectivity index (χ1n) is 4.51. The Balaban J connectivity index is 3.15. The number of aliphatic hydroxyl groups is 2. The molecule has 0 radical (unpaired) electrons. The van der Waals surface area contributed by atoms with Gasteiger partial charge in [0.1, 0.15) is 6.10 Å². The quantitative estimate of drug-likeness (QED) is 0.636. The summed E-state index contributed by atoms with van der Waals surface area (Å²) in [5, 5.41) is 18.1. The molecule has 1 aromatic carbocycles. The third-order valence-corrected chi connectivity index (χ3v) is 2.33. The van der Waals surface area contributed by atoms with E-state index in [0.29, 0.717) is 0 Å². The van der Waals surface area contributed by atoms with Crippen molar-refractivity contribution in [3.63, 3.8) is 0 Å². The summed E-state index contributed by atoms with van der Waals surface area (Å²) in [4.78, 5) is 0. The zero-order valence-electron chi connectivity index (χ0n) is 8.90. The Kier molecular flexibility index (Phi) is 4.29. The molecule has 1 rings (SSSR count). The van der Waals surface area contributed by atoms with Gasteiger partial charge < -0.3 is 19.1 Å². The van der Waals surface area contributed by atoms with Crippen molar-refractivity contribution in [2.45, 2.75) is 6.10 Å². The van der Waals surface area contributed by atoms with E-state index in [9.17, 15) is 13.5 Å². The monoisotopic (exact) mass is 264 g/mol. The molecule has 17 heavy (non-hydrogen) atoms. The summed E-state index contributed by atoms with van der Waals surface area (Å²) < 4.78 is 38.8. The Morgan fingerprint density at radius 2 is 2.00 bits per heavy atom. The second kappa shape index (κ2) is 5.32. The van der Waals surface area contributed by atoms with Crippen LogP contribution < -0.4 is 8.92 Å². The molecule has 0 bridgehead atoms. The molecular weight excluding hydrogens is 252 g/mol. The highest BCUT2D eigenvalue weighted by Gasteiger charge is 2.15. The van der Waals surface area contributed by atoms with Crippen molar-refractivity contribution in [2.75, 3.05) is 13.7 Å². The first-order valence-corrected chi connectivity index (χ1v) is 5.87. The predicted molar refractivity (Wildman–Crippen MR) is 57.2 cm³/mol. The molecule has 0 aliphatic heterocycles. The summed E-state index contributed by atoms with van der Waals surface area (Å²) in [5.41, 5.74) is 0.229. The summed E-state index contributed by atoms with van der Waals surface area (Å²) in [6.45, 7) is -0.530. The number of rotatable bonds is 5. The van der Waals surface area contributed by atoms with Gasteiger partial charge in [-0.05, 0) is 17.7 Å². The third-order valence-electron chi connectivity index (χ3n) is 1.94. The van der Waals surface area contributed by atoms with Crippen LogP contribution in [0.15, 0.2) is 18.2 Å².